The summed E-state index contributed by atoms with van der Waals surface area (Å²) < 4.78 is 10.8. The molecule has 0 atom stereocenters. The maximum Gasteiger partial charge on any atom is 0.271 e. The van der Waals surface area contributed by atoms with Crippen molar-refractivity contribution in [3.8, 4) is 22.8 Å². The van der Waals surface area contributed by atoms with Crippen molar-refractivity contribution in [2.75, 3.05) is 13.7 Å². The number of hydrogen-bond acceptors (Lipinski definition) is 5. The Labute approximate surface area is 116 Å². The minimum absolute atomic E-state index is 0.0919. The lowest BCUT2D eigenvalue weighted by Gasteiger charge is -2.11. The first-order valence-electron chi connectivity index (χ1n) is 6.19. The van der Waals surface area contributed by atoms with Crippen LogP contribution in [0.25, 0.3) is 11.3 Å². The number of amides is 1. The van der Waals surface area contributed by atoms with Crippen molar-refractivity contribution in [1.29, 1.82) is 0 Å². The van der Waals surface area contributed by atoms with Crippen LogP contribution in [0, 0.1) is 0 Å². The lowest BCUT2D eigenvalue weighted by atomic mass is 10.1. The Hall–Kier alpha value is -2.57. The first kappa shape index (κ1) is 13.9. The van der Waals surface area contributed by atoms with Crippen LogP contribution in [-0.2, 0) is 0 Å². The quantitative estimate of drug-likeness (QED) is 0.829. The topological polar surface area (TPSA) is 103 Å². The third-order valence-electron chi connectivity index (χ3n) is 2.68. The molecule has 0 aliphatic carbocycles. The van der Waals surface area contributed by atoms with E-state index in [9.17, 15) is 4.79 Å². The van der Waals surface area contributed by atoms with Gasteiger partial charge in [-0.25, -0.2) is 0 Å². The molecule has 0 spiro atoms. The second-order valence-electron chi connectivity index (χ2n) is 4.10. The van der Waals surface area contributed by atoms with Gasteiger partial charge in [0.05, 0.1) is 13.7 Å². The molecule has 1 amide bonds. The number of nitrogens with two attached hydrogens (primary N) is 1. The van der Waals surface area contributed by atoms with E-state index in [1.807, 2.05) is 6.92 Å². The molecule has 1 heterocycles. The average Bonchev–Trinajstić information content (AvgIpc) is 2.94. The zero-order valence-corrected chi connectivity index (χ0v) is 11.3. The van der Waals surface area contributed by atoms with E-state index < -0.39 is 5.91 Å². The molecule has 2 aromatic rings. The van der Waals surface area contributed by atoms with Crippen LogP contribution in [0.4, 0.5) is 0 Å². The van der Waals surface area contributed by atoms with Gasteiger partial charge in [0.2, 0.25) is 0 Å². The van der Waals surface area contributed by atoms with Gasteiger partial charge in [-0.1, -0.05) is 6.92 Å². The van der Waals surface area contributed by atoms with Crippen LogP contribution in [0.1, 0.15) is 23.8 Å². The Morgan fingerprint density at radius 3 is 2.80 bits per heavy atom. The van der Waals surface area contributed by atoms with Gasteiger partial charge in [-0.2, -0.15) is 15.4 Å². The number of aromatic amines is 1. The van der Waals surface area contributed by atoms with E-state index in [4.69, 9.17) is 15.2 Å². The molecule has 7 nitrogen and oxygen atoms in total. The van der Waals surface area contributed by atoms with E-state index in [-0.39, 0.29) is 5.69 Å². The molecule has 0 fully saturated rings. The Bertz CT molecular complexity index is 609. The van der Waals surface area contributed by atoms with Gasteiger partial charge in [-0.05, 0) is 24.6 Å². The van der Waals surface area contributed by atoms with Crippen molar-refractivity contribution in [1.82, 2.24) is 15.4 Å². The van der Waals surface area contributed by atoms with Gasteiger partial charge in [0, 0.05) is 5.56 Å². The van der Waals surface area contributed by atoms with E-state index >= 15 is 0 Å². The third kappa shape index (κ3) is 2.71. The zero-order valence-electron chi connectivity index (χ0n) is 11.3. The fraction of sp³-hybridized carbons (Fsp3) is 0.308. The molecule has 1 aromatic heterocycles. The Balaban J connectivity index is 2.38. The van der Waals surface area contributed by atoms with Gasteiger partial charge < -0.3 is 15.2 Å². The number of carbonyl (C=O) groups excluding carboxylic acids is 1. The number of aromatic nitrogens is 3. The third-order valence-corrected chi connectivity index (χ3v) is 2.68. The van der Waals surface area contributed by atoms with Crippen molar-refractivity contribution < 1.29 is 14.3 Å². The van der Waals surface area contributed by atoms with Crippen molar-refractivity contribution in [3.05, 3.63) is 23.9 Å². The smallest absolute Gasteiger partial charge is 0.271 e. The second kappa shape index (κ2) is 6.05. The fourth-order valence-electron chi connectivity index (χ4n) is 1.75. The van der Waals surface area contributed by atoms with Gasteiger partial charge in [0.1, 0.15) is 5.69 Å². The Kier molecular flexibility index (Phi) is 4.19. The van der Waals surface area contributed by atoms with Crippen LogP contribution < -0.4 is 15.2 Å². The molecule has 2 rings (SSSR count). The zero-order chi connectivity index (χ0) is 14.5. The van der Waals surface area contributed by atoms with Gasteiger partial charge in [0.25, 0.3) is 5.91 Å². The highest BCUT2D eigenvalue weighted by Gasteiger charge is 2.17. The van der Waals surface area contributed by atoms with Crippen molar-refractivity contribution in [2.24, 2.45) is 5.73 Å². The standard InChI is InChI=1S/C13H16N4O3/c1-3-6-20-9-5-4-8(7-10(9)19-2)11-12(13(14)18)16-17-15-11/h4-5,7H,3,6H2,1-2H3,(H2,14,18)(H,15,16,17). The van der Waals surface area contributed by atoms with Crippen LogP contribution in [0.3, 0.4) is 0 Å². The highest BCUT2D eigenvalue weighted by atomic mass is 16.5. The molecule has 0 bridgehead atoms. The molecule has 3 N–H and O–H groups in total. The van der Waals surface area contributed by atoms with Crippen LogP contribution in [0.5, 0.6) is 11.5 Å². The first-order chi connectivity index (χ1) is 9.67. The lowest BCUT2D eigenvalue weighted by molar-refractivity contribution is 0.0996. The number of hydrogen-bond donors (Lipinski definition) is 2. The summed E-state index contributed by atoms with van der Waals surface area (Å²) in [7, 11) is 1.55. The molecule has 7 heteroatoms. The predicted molar refractivity (Wildman–Crippen MR) is 72.7 cm³/mol. The maximum absolute atomic E-state index is 11.3. The minimum atomic E-state index is -0.640. The molecular weight excluding hydrogens is 260 g/mol. The number of rotatable bonds is 6. The maximum atomic E-state index is 11.3. The fourth-order valence-corrected chi connectivity index (χ4v) is 1.75. The molecule has 0 saturated heterocycles. The molecule has 20 heavy (non-hydrogen) atoms. The molecule has 0 unspecified atom stereocenters. The Morgan fingerprint density at radius 2 is 2.15 bits per heavy atom. The SMILES string of the molecule is CCCOc1ccc(-c2n[nH]nc2C(N)=O)cc1OC. The van der Waals surface area contributed by atoms with E-state index in [0.717, 1.165) is 6.42 Å². The molecule has 0 radical (unpaired) electrons. The van der Waals surface area contributed by atoms with E-state index in [0.29, 0.717) is 29.4 Å². The van der Waals surface area contributed by atoms with Crippen LogP contribution in [0.2, 0.25) is 0 Å². The number of carbonyl (C=O) groups is 1. The Morgan fingerprint density at radius 1 is 1.35 bits per heavy atom. The van der Waals surface area contributed by atoms with E-state index in [1.165, 1.54) is 0 Å². The van der Waals surface area contributed by atoms with E-state index in [2.05, 4.69) is 15.4 Å². The number of ether oxygens (including phenoxy) is 2. The van der Waals surface area contributed by atoms with Gasteiger partial charge in [-0.15, -0.1) is 0 Å². The summed E-state index contributed by atoms with van der Waals surface area (Å²) in [5.74, 6) is 0.565. The highest BCUT2D eigenvalue weighted by Crippen LogP contribution is 2.32. The summed E-state index contributed by atoms with van der Waals surface area (Å²) in [6, 6.07) is 5.27. The van der Waals surface area contributed by atoms with Crippen LogP contribution in [-0.4, -0.2) is 35.0 Å². The van der Waals surface area contributed by atoms with Gasteiger partial charge >= 0.3 is 0 Å². The van der Waals surface area contributed by atoms with Gasteiger partial charge in [-0.3, -0.25) is 4.79 Å². The van der Waals surface area contributed by atoms with Crippen molar-refractivity contribution in [3.63, 3.8) is 0 Å². The molecule has 0 saturated carbocycles. The summed E-state index contributed by atoms with van der Waals surface area (Å²) in [5.41, 5.74) is 6.40. The molecule has 0 aliphatic rings. The number of nitrogens with one attached hydrogen (secondary N) is 1. The van der Waals surface area contributed by atoms with Crippen LogP contribution >= 0.6 is 0 Å². The van der Waals surface area contributed by atoms with Gasteiger partial charge in [0.15, 0.2) is 17.2 Å². The average molecular weight is 276 g/mol. The van der Waals surface area contributed by atoms with E-state index in [1.54, 1.807) is 25.3 Å². The summed E-state index contributed by atoms with van der Waals surface area (Å²) in [6.45, 7) is 2.63. The monoisotopic (exact) mass is 276 g/mol. The number of methoxy groups -OCH3 is 1. The second-order valence-corrected chi connectivity index (χ2v) is 4.10. The summed E-state index contributed by atoms with van der Waals surface area (Å²) in [5, 5.41) is 10.1. The number of benzene rings is 1. The molecule has 106 valence electrons. The number of nitrogens with zero attached hydrogens (tertiary/aromatic N) is 2. The molecular formula is C13H16N4O3. The first-order valence-corrected chi connectivity index (χ1v) is 6.19. The normalized spacial score (nSPS) is 10.3. The molecule has 1 aromatic carbocycles. The summed E-state index contributed by atoms with van der Waals surface area (Å²) >= 11 is 0. The summed E-state index contributed by atoms with van der Waals surface area (Å²) in [6.07, 6.45) is 0.903. The van der Waals surface area contributed by atoms with Crippen LogP contribution in [0.15, 0.2) is 18.2 Å². The van der Waals surface area contributed by atoms with Crippen molar-refractivity contribution in [2.45, 2.75) is 13.3 Å². The minimum Gasteiger partial charge on any atom is -0.493 e. The highest BCUT2D eigenvalue weighted by molar-refractivity contribution is 5.96. The summed E-state index contributed by atoms with van der Waals surface area (Å²) in [4.78, 5) is 11.3. The lowest BCUT2D eigenvalue weighted by Crippen LogP contribution is -2.12. The predicted octanol–water partition coefficient (Wildman–Crippen LogP) is 1.37. The number of H-pyrrole nitrogens is 1. The number of primary amides is 1. The van der Waals surface area contributed by atoms with Crippen molar-refractivity contribution >= 4 is 5.91 Å². The largest absolute Gasteiger partial charge is 0.493 e. The molecule has 0 aliphatic heterocycles.